The van der Waals surface area contributed by atoms with Gasteiger partial charge in [0, 0.05) is 19.5 Å². The molecule has 0 amide bonds. The molecule has 1 saturated heterocycles. The number of likely N-dealkylation sites (tertiary alicyclic amines) is 1. The monoisotopic (exact) mass is 253 g/mol. The van der Waals surface area contributed by atoms with Gasteiger partial charge in [0.2, 0.25) is 0 Å². The minimum Gasteiger partial charge on any atom is -0.293 e. The molecule has 0 N–H and O–H groups in total. The summed E-state index contributed by atoms with van der Waals surface area (Å²) in [4.78, 5) is 1.83. The van der Waals surface area contributed by atoms with Crippen molar-refractivity contribution in [3.8, 4) is 0 Å². The molecule has 1 aromatic rings. The second-order valence-corrected chi connectivity index (χ2v) is 6.26. The zero-order valence-corrected chi connectivity index (χ0v) is 11.3. The molecule has 1 aliphatic rings. The van der Waals surface area contributed by atoms with Crippen molar-refractivity contribution in [2.75, 3.05) is 13.1 Å². The zero-order valence-electron chi connectivity index (χ0n) is 11.3. The Morgan fingerprint density at radius 1 is 1.17 bits per heavy atom. The lowest BCUT2D eigenvalue weighted by Gasteiger charge is -2.20. The molecule has 3 heteroatoms. The molecule has 2 rings (SSSR count). The average molecular weight is 253 g/mol. The largest absolute Gasteiger partial charge is 0.293 e. The second kappa shape index (κ2) is 4.61. The van der Waals surface area contributed by atoms with Gasteiger partial charge in [-0.05, 0) is 16.5 Å². The molecular formula is C15H21F2N. The van der Waals surface area contributed by atoms with Gasteiger partial charge in [0.1, 0.15) is 0 Å². The summed E-state index contributed by atoms with van der Waals surface area (Å²) >= 11 is 0. The zero-order chi connectivity index (χ0) is 13.4. The van der Waals surface area contributed by atoms with E-state index >= 15 is 0 Å². The van der Waals surface area contributed by atoms with E-state index in [4.69, 9.17) is 0 Å². The normalized spacial score (nSPS) is 20.3. The number of benzene rings is 1. The molecule has 1 aromatic carbocycles. The highest BCUT2D eigenvalue weighted by Crippen LogP contribution is 2.28. The van der Waals surface area contributed by atoms with Crippen molar-refractivity contribution in [2.45, 2.75) is 45.1 Å². The molecule has 1 heterocycles. The molecule has 1 aliphatic heterocycles. The Kier molecular flexibility index (Phi) is 3.45. The van der Waals surface area contributed by atoms with Gasteiger partial charge >= 0.3 is 0 Å². The highest BCUT2D eigenvalue weighted by atomic mass is 19.3. The molecule has 0 radical (unpaired) electrons. The summed E-state index contributed by atoms with van der Waals surface area (Å²) < 4.78 is 26.2. The van der Waals surface area contributed by atoms with Gasteiger partial charge in [0.25, 0.3) is 5.92 Å². The average Bonchev–Trinajstić information content (AvgIpc) is 2.57. The fourth-order valence-electron chi connectivity index (χ4n) is 2.31. The van der Waals surface area contributed by atoms with Gasteiger partial charge in [-0.25, -0.2) is 8.78 Å². The van der Waals surface area contributed by atoms with Crippen molar-refractivity contribution in [3.05, 3.63) is 35.4 Å². The summed E-state index contributed by atoms with van der Waals surface area (Å²) in [6.45, 7) is 7.52. The summed E-state index contributed by atoms with van der Waals surface area (Å²) in [5.41, 5.74) is 2.53. The van der Waals surface area contributed by atoms with Crippen LogP contribution in [0.2, 0.25) is 0 Å². The van der Waals surface area contributed by atoms with Gasteiger partial charge in [-0.2, -0.15) is 0 Å². The fourth-order valence-corrected chi connectivity index (χ4v) is 2.31. The van der Waals surface area contributed by atoms with Crippen molar-refractivity contribution in [1.82, 2.24) is 4.90 Å². The number of nitrogens with zero attached hydrogens (tertiary/aromatic N) is 1. The van der Waals surface area contributed by atoms with Crippen molar-refractivity contribution < 1.29 is 8.78 Å². The van der Waals surface area contributed by atoms with Gasteiger partial charge in [-0.1, -0.05) is 45.0 Å². The van der Waals surface area contributed by atoms with Gasteiger partial charge in [-0.3, -0.25) is 4.90 Å². The Hall–Kier alpha value is -0.960. The molecule has 0 unspecified atom stereocenters. The molecule has 0 spiro atoms. The first-order valence-corrected chi connectivity index (χ1v) is 6.46. The SMILES string of the molecule is CC(C)(C)c1ccc(CN2CCC(F)(F)C2)cc1. The molecular weight excluding hydrogens is 232 g/mol. The maximum Gasteiger partial charge on any atom is 0.261 e. The Bertz CT molecular complexity index is 403. The molecule has 1 fully saturated rings. The van der Waals surface area contributed by atoms with E-state index in [9.17, 15) is 8.78 Å². The van der Waals surface area contributed by atoms with E-state index in [1.54, 1.807) is 0 Å². The standard InChI is InChI=1S/C15H21F2N/c1-14(2,3)13-6-4-12(5-7-13)10-18-9-8-15(16,17)11-18/h4-7H,8-11H2,1-3H3. The number of hydrogen-bond acceptors (Lipinski definition) is 1. The number of alkyl halides is 2. The topological polar surface area (TPSA) is 3.24 Å². The fraction of sp³-hybridized carbons (Fsp3) is 0.600. The quantitative estimate of drug-likeness (QED) is 0.774. The second-order valence-electron chi connectivity index (χ2n) is 6.26. The third kappa shape index (κ3) is 3.29. The highest BCUT2D eigenvalue weighted by molar-refractivity contribution is 5.27. The van der Waals surface area contributed by atoms with Crippen LogP contribution in [0, 0.1) is 0 Å². The van der Waals surface area contributed by atoms with Crippen LogP contribution in [0.1, 0.15) is 38.3 Å². The van der Waals surface area contributed by atoms with E-state index in [0.29, 0.717) is 13.1 Å². The van der Waals surface area contributed by atoms with E-state index in [1.165, 1.54) is 5.56 Å². The van der Waals surface area contributed by atoms with Crippen LogP contribution in [0.5, 0.6) is 0 Å². The first-order valence-electron chi connectivity index (χ1n) is 6.46. The van der Waals surface area contributed by atoms with E-state index in [2.05, 4.69) is 45.0 Å². The van der Waals surface area contributed by atoms with Crippen LogP contribution in [-0.4, -0.2) is 23.9 Å². The predicted octanol–water partition coefficient (Wildman–Crippen LogP) is 3.83. The van der Waals surface area contributed by atoms with E-state index in [1.807, 2.05) is 4.90 Å². The van der Waals surface area contributed by atoms with Crippen LogP contribution in [0.4, 0.5) is 8.78 Å². The molecule has 1 nitrogen and oxygen atoms in total. The van der Waals surface area contributed by atoms with E-state index in [0.717, 1.165) is 5.56 Å². The van der Waals surface area contributed by atoms with Crippen LogP contribution in [-0.2, 0) is 12.0 Å². The molecule has 18 heavy (non-hydrogen) atoms. The van der Waals surface area contributed by atoms with Crippen molar-refractivity contribution in [3.63, 3.8) is 0 Å². The van der Waals surface area contributed by atoms with Gasteiger partial charge in [0.15, 0.2) is 0 Å². The molecule has 0 aliphatic carbocycles. The molecule has 100 valence electrons. The van der Waals surface area contributed by atoms with Gasteiger partial charge < -0.3 is 0 Å². The van der Waals surface area contributed by atoms with Crippen molar-refractivity contribution >= 4 is 0 Å². The minimum absolute atomic E-state index is 0.00687. The lowest BCUT2D eigenvalue weighted by molar-refractivity contribution is 0.0115. The maximum atomic E-state index is 13.1. The predicted molar refractivity (Wildman–Crippen MR) is 70.0 cm³/mol. The number of rotatable bonds is 2. The lowest BCUT2D eigenvalue weighted by atomic mass is 9.87. The Morgan fingerprint density at radius 3 is 2.22 bits per heavy atom. The van der Waals surface area contributed by atoms with E-state index < -0.39 is 5.92 Å². The summed E-state index contributed by atoms with van der Waals surface area (Å²) in [6, 6.07) is 8.31. The highest BCUT2D eigenvalue weighted by Gasteiger charge is 2.37. The number of halogens is 2. The van der Waals surface area contributed by atoms with Crippen LogP contribution in [0.15, 0.2) is 24.3 Å². The smallest absolute Gasteiger partial charge is 0.261 e. The molecule has 0 saturated carbocycles. The first-order chi connectivity index (χ1) is 8.26. The Morgan fingerprint density at radius 2 is 1.78 bits per heavy atom. The van der Waals surface area contributed by atoms with Crippen LogP contribution in [0.3, 0.4) is 0 Å². The van der Waals surface area contributed by atoms with Crippen molar-refractivity contribution in [1.29, 1.82) is 0 Å². The van der Waals surface area contributed by atoms with Crippen LogP contribution >= 0.6 is 0 Å². The molecule has 0 bridgehead atoms. The minimum atomic E-state index is -2.49. The summed E-state index contributed by atoms with van der Waals surface area (Å²) in [5, 5.41) is 0. The Balaban J connectivity index is 1.99. The molecule has 0 atom stereocenters. The van der Waals surface area contributed by atoms with Gasteiger partial charge in [-0.15, -0.1) is 0 Å². The van der Waals surface area contributed by atoms with Crippen LogP contribution in [0.25, 0.3) is 0 Å². The lowest BCUT2D eigenvalue weighted by Crippen LogP contribution is -2.24. The summed E-state index contributed by atoms with van der Waals surface area (Å²) in [6.07, 6.45) is -0.00687. The summed E-state index contributed by atoms with van der Waals surface area (Å²) in [5.74, 6) is -2.49. The number of hydrogen-bond donors (Lipinski definition) is 0. The molecule has 0 aromatic heterocycles. The third-order valence-electron chi connectivity index (χ3n) is 3.47. The van der Waals surface area contributed by atoms with E-state index in [-0.39, 0.29) is 18.4 Å². The Labute approximate surface area is 108 Å². The summed E-state index contributed by atoms with van der Waals surface area (Å²) in [7, 11) is 0. The third-order valence-corrected chi connectivity index (χ3v) is 3.47. The first kappa shape index (κ1) is 13.5. The van der Waals surface area contributed by atoms with Gasteiger partial charge in [0.05, 0.1) is 6.54 Å². The van der Waals surface area contributed by atoms with Crippen LogP contribution < -0.4 is 0 Å². The van der Waals surface area contributed by atoms with Crippen molar-refractivity contribution in [2.24, 2.45) is 0 Å². The maximum absolute atomic E-state index is 13.1.